The van der Waals surface area contributed by atoms with Crippen molar-refractivity contribution in [3.63, 3.8) is 0 Å². The number of hydrogen-bond acceptors (Lipinski definition) is 4. The van der Waals surface area contributed by atoms with E-state index in [1.54, 1.807) is 32.0 Å². The second kappa shape index (κ2) is 9.59. The number of benzene rings is 1. The van der Waals surface area contributed by atoms with Crippen LogP contribution in [0, 0.1) is 17.2 Å². The third kappa shape index (κ3) is 5.70. The molecule has 2 aromatic rings. The third-order valence-electron chi connectivity index (χ3n) is 4.62. The second-order valence-corrected chi connectivity index (χ2v) is 7.37. The van der Waals surface area contributed by atoms with Crippen LogP contribution in [0.1, 0.15) is 31.9 Å². The second-order valence-electron chi connectivity index (χ2n) is 7.37. The van der Waals surface area contributed by atoms with Crippen LogP contribution in [0.15, 0.2) is 47.3 Å². The molecule has 2 atom stereocenters. The van der Waals surface area contributed by atoms with Crippen LogP contribution >= 0.6 is 0 Å². The molecule has 0 bridgehead atoms. The fourth-order valence-corrected chi connectivity index (χ4v) is 3.35. The average molecular weight is 420 g/mol. The first kappa shape index (κ1) is 23.2. The Morgan fingerprint density at radius 2 is 1.83 bits per heavy atom. The summed E-state index contributed by atoms with van der Waals surface area (Å²) < 4.78 is 42.2. The van der Waals surface area contributed by atoms with Gasteiger partial charge in [0.05, 0.1) is 18.7 Å². The fraction of sp³-hybridized carbons (Fsp3) is 0.381. The molecule has 1 aromatic heterocycles. The number of rotatable bonds is 8. The van der Waals surface area contributed by atoms with Crippen LogP contribution in [0.25, 0.3) is 11.3 Å². The van der Waals surface area contributed by atoms with Crippen LogP contribution in [-0.2, 0) is 4.79 Å². The number of primary amides is 1. The summed E-state index contributed by atoms with van der Waals surface area (Å²) in [6.07, 6.45) is -4.66. The molecule has 160 valence electrons. The molecule has 0 aliphatic heterocycles. The maximum Gasteiger partial charge on any atom is 0.408 e. The van der Waals surface area contributed by atoms with Gasteiger partial charge in [-0.3, -0.25) is 14.5 Å². The van der Waals surface area contributed by atoms with Crippen molar-refractivity contribution in [2.75, 3.05) is 6.54 Å². The van der Waals surface area contributed by atoms with E-state index < -0.39 is 30.7 Å². The number of nitrogens with zero attached hydrogens (tertiary/aromatic N) is 2. The standard InChI is InChI=1S/C21H23F3N4O2/c1-13(2)12-17(20(26)30)28(11-10-25)19(21(22,23)24)15-8-6-14(7-9-15)16-4-3-5-18(29)27-16/h3-9,13,17,19H,11-12H2,1-2H3,(H2,26,30)(H,27,29)/t17-,19-/m0/s1. The predicted molar refractivity (Wildman–Crippen MR) is 106 cm³/mol. The molecule has 0 aliphatic carbocycles. The first-order valence-electron chi connectivity index (χ1n) is 9.33. The first-order chi connectivity index (χ1) is 14.0. The van der Waals surface area contributed by atoms with Crippen LogP contribution in [0.4, 0.5) is 13.2 Å². The van der Waals surface area contributed by atoms with Gasteiger partial charge in [0, 0.05) is 11.8 Å². The molecule has 2 rings (SSSR count). The molecule has 1 aromatic carbocycles. The summed E-state index contributed by atoms with van der Waals surface area (Å²) in [4.78, 5) is 26.8. The van der Waals surface area contributed by atoms with Gasteiger partial charge in [0.25, 0.3) is 0 Å². The van der Waals surface area contributed by atoms with E-state index in [1.807, 2.05) is 0 Å². The highest BCUT2D eigenvalue weighted by Crippen LogP contribution is 2.40. The van der Waals surface area contributed by atoms with E-state index >= 15 is 0 Å². The molecule has 3 N–H and O–H groups in total. The highest BCUT2D eigenvalue weighted by Gasteiger charge is 2.47. The van der Waals surface area contributed by atoms with Gasteiger partial charge < -0.3 is 10.7 Å². The van der Waals surface area contributed by atoms with Crippen LogP contribution in [0.5, 0.6) is 0 Å². The lowest BCUT2D eigenvalue weighted by molar-refractivity contribution is -0.192. The van der Waals surface area contributed by atoms with Crippen molar-refractivity contribution in [2.24, 2.45) is 11.7 Å². The van der Waals surface area contributed by atoms with Gasteiger partial charge in [-0.25, -0.2) is 0 Å². The van der Waals surface area contributed by atoms with E-state index in [0.29, 0.717) is 11.3 Å². The molecule has 0 spiro atoms. The number of halogens is 3. The molecule has 9 heteroatoms. The number of nitrogens with one attached hydrogen (secondary N) is 1. The van der Waals surface area contributed by atoms with E-state index in [-0.39, 0.29) is 23.5 Å². The Hall–Kier alpha value is -3.12. The van der Waals surface area contributed by atoms with E-state index in [1.165, 1.54) is 30.3 Å². The van der Waals surface area contributed by atoms with Crippen molar-refractivity contribution in [3.8, 4) is 17.3 Å². The number of carbonyl (C=O) groups excluding carboxylic acids is 1. The number of alkyl halides is 3. The van der Waals surface area contributed by atoms with Gasteiger partial charge >= 0.3 is 6.18 Å². The molecule has 1 amide bonds. The lowest BCUT2D eigenvalue weighted by Gasteiger charge is -2.37. The van der Waals surface area contributed by atoms with Crippen LogP contribution in [0.2, 0.25) is 0 Å². The maximum atomic E-state index is 14.1. The number of carbonyl (C=O) groups is 1. The van der Waals surface area contributed by atoms with Gasteiger partial charge in [-0.2, -0.15) is 18.4 Å². The third-order valence-corrected chi connectivity index (χ3v) is 4.62. The minimum absolute atomic E-state index is 0.0902. The summed E-state index contributed by atoms with van der Waals surface area (Å²) in [7, 11) is 0. The van der Waals surface area contributed by atoms with Gasteiger partial charge in [-0.05, 0) is 29.5 Å². The SMILES string of the molecule is CC(C)C[C@@H](C(N)=O)N(CC#N)[C@@H](c1ccc(-c2cccc(=O)[nH]2)cc1)C(F)(F)F. The summed E-state index contributed by atoms with van der Waals surface area (Å²) in [5.41, 5.74) is 5.92. The van der Waals surface area contributed by atoms with Crippen molar-refractivity contribution in [2.45, 2.75) is 38.5 Å². The summed E-state index contributed by atoms with van der Waals surface area (Å²) >= 11 is 0. The van der Waals surface area contributed by atoms with Crippen molar-refractivity contribution >= 4 is 5.91 Å². The number of H-pyrrole nitrogens is 1. The Labute approximate surface area is 172 Å². The number of hydrogen-bond donors (Lipinski definition) is 2. The molecule has 0 aliphatic rings. The molecule has 6 nitrogen and oxygen atoms in total. The van der Waals surface area contributed by atoms with E-state index in [4.69, 9.17) is 11.0 Å². The molecule has 0 radical (unpaired) electrons. The van der Waals surface area contributed by atoms with Gasteiger partial charge in [0.15, 0.2) is 0 Å². The van der Waals surface area contributed by atoms with Gasteiger partial charge in [-0.1, -0.05) is 44.2 Å². The number of pyridine rings is 1. The van der Waals surface area contributed by atoms with Crippen molar-refractivity contribution in [1.82, 2.24) is 9.88 Å². The van der Waals surface area contributed by atoms with Crippen LogP contribution < -0.4 is 11.3 Å². The molecule has 30 heavy (non-hydrogen) atoms. The van der Waals surface area contributed by atoms with E-state index in [2.05, 4.69) is 4.98 Å². The molecular formula is C21H23F3N4O2. The summed E-state index contributed by atoms with van der Waals surface area (Å²) in [6.45, 7) is 2.91. The molecule has 1 heterocycles. The molecule has 0 unspecified atom stereocenters. The highest BCUT2D eigenvalue weighted by molar-refractivity contribution is 5.80. The van der Waals surface area contributed by atoms with Gasteiger partial charge in [-0.15, -0.1) is 0 Å². The Balaban J connectivity index is 2.50. The number of nitriles is 1. The topological polar surface area (TPSA) is 103 Å². The zero-order valence-electron chi connectivity index (χ0n) is 16.6. The quantitative estimate of drug-likeness (QED) is 0.639. The fourth-order valence-electron chi connectivity index (χ4n) is 3.35. The molecule has 0 fully saturated rings. The van der Waals surface area contributed by atoms with Crippen molar-refractivity contribution < 1.29 is 18.0 Å². The number of aromatic nitrogens is 1. The summed E-state index contributed by atoms with van der Waals surface area (Å²) in [5, 5.41) is 9.14. The molecular weight excluding hydrogens is 397 g/mol. The lowest BCUT2D eigenvalue weighted by Crippen LogP contribution is -2.51. The van der Waals surface area contributed by atoms with Crippen LogP contribution in [0.3, 0.4) is 0 Å². The number of nitrogens with two attached hydrogens (primary N) is 1. The molecule has 0 saturated carbocycles. The minimum atomic E-state index is -4.75. The first-order valence-corrected chi connectivity index (χ1v) is 9.33. The molecule has 0 saturated heterocycles. The monoisotopic (exact) mass is 420 g/mol. The zero-order chi connectivity index (χ0) is 22.5. The smallest absolute Gasteiger partial charge is 0.368 e. The largest absolute Gasteiger partial charge is 0.408 e. The van der Waals surface area contributed by atoms with Gasteiger partial charge in [0.2, 0.25) is 11.5 Å². The van der Waals surface area contributed by atoms with E-state index in [9.17, 15) is 22.8 Å². The van der Waals surface area contributed by atoms with Gasteiger partial charge in [0.1, 0.15) is 6.04 Å². The normalized spacial score (nSPS) is 13.8. The zero-order valence-corrected chi connectivity index (χ0v) is 16.6. The Morgan fingerprint density at radius 3 is 2.30 bits per heavy atom. The summed E-state index contributed by atoms with van der Waals surface area (Å²) in [5.74, 6) is -1.01. The van der Waals surface area contributed by atoms with Crippen molar-refractivity contribution in [1.29, 1.82) is 5.26 Å². The predicted octanol–water partition coefficient (Wildman–Crippen LogP) is 3.37. The average Bonchev–Trinajstić information content (AvgIpc) is 2.65. The number of amides is 1. The van der Waals surface area contributed by atoms with Crippen molar-refractivity contribution in [3.05, 3.63) is 58.4 Å². The Morgan fingerprint density at radius 1 is 1.20 bits per heavy atom. The minimum Gasteiger partial charge on any atom is -0.368 e. The Bertz CT molecular complexity index is 962. The maximum absolute atomic E-state index is 14.1. The number of aromatic amines is 1. The lowest BCUT2D eigenvalue weighted by atomic mass is 9.96. The van der Waals surface area contributed by atoms with Crippen LogP contribution in [-0.4, -0.2) is 34.6 Å². The van der Waals surface area contributed by atoms with E-state index in [0.717, 1.165) is 4.90 Å². The Kier molecular flexibility index (Phi) is 7.40. The highest BCUT2D eigenvalue weighted by atomic mass is 19.4. The summed E-state index contributed by atoms with van der Waals surface area (Å²) in [6, 6.07) is 8.24.